The van der Waals surface area contributed by atoms with Crippen LogP contribution in [0.1, 0.15) is 31.4 Å². The van der Waals surface area contributed by atoms with Crippen LogP contribution in [0.15, 0.2) is 42.7 Å². The third kappa shape index (κ3) is 3.73. The van der Waals surface area contributed by atoms with E-state index in [1.807, 2.05) is 12.3 Å². The van der Waals surface area contributed by atoms with Crippen molar-refractivity contribution >= 4 is 0 Å². The molecule has 0 aliphatic rings. The lowest BCUT2D eigenvalue weighted by Crippen LogP contribution is -2.34. The fourth-order valence-electron chi connectivity index (χ4n) is 2.22. The van der Waals surface area contributed by atoms with Crippen molar-refractivity contribution in [3.63, 3.8) is 0 Å². The fraction of sp³-hybridized carbons (Fsp3) is 0.353. The van der Waals surface area contributed by atoms with E-state index < -0.39 is 0 Å². The molecule has 0 bridgehead atoms. The first-order valence-electron chi connectivity index (χ1n) is 7.07. The molecule has 1 atom stereocenters. The van der Waals surface area contributed by atoms with Crippen LogP contribution in [0.5, 0.6) is 11.5 Å². The van der Waals surface area contributed by atoms with Crippen molar-refractivity contribution < 1.29 is 14.8 Å². The molecule has 1 heterocycles. The molecule has 1 aromatic carbocycles. The number of nitrogens with zero attached hydrogens (tertiary/aromatic N) is 1. The molecule has 3 nitrogen and oxygen atoms in total. The second-order valence-corrected chi connectivity index (χ2v) is 5.43. The number of hydrogen-bond donors (Lipinski definition) is 2. The van der Waals surface area contributed by atoms with Crippen molar-refractivity contribution in [2.75, 3.05) is 0 Å². The molecule has 1 aromatic heterocycles. The minimum Gasteiger partial charge on any atom is -0.504 e. The van der Waals surface area contributed by atoms with Crippen molar-refractivity contribution in [1.29, 1.82) is 0 Å². The van der Waals surface area contributed by atoms with E-state index in [0.717, 1.165) is 12.0 Å². The molecule has 0 radical (unpaired) electrons. The maximum atomic E-state index is 9.52. The van der Waals surface area contributed by atoms with E-state index in [2.05, 4.69) is 36.7 Å². The van der Waals surface area contributed by atoms with Crippen LogP contribution in [-0.2, 0) is 13.0 Å². The Bertz CT molecular complexity index is 581. The van der Waals surface area contributed by atoms with Gasteiger partial charge in [-0.2, -0.15) is 0 Å². The molecule has 20 heavy (non-hydrogen) atoms. The van der Waals surface area contributed by atoms with Gasteiger partial charge in [-0.3, -0.25) is 0 Å². The molecule has 106 valence electrons. The summed E-state index contributed by atoms with van der Waals surface area (Å²) in [6, 6.07) is 9.15. The summed E-state index contributed by atoms with van der Waals surface area (Å²) in [5.74, 6) is 0.534. The summed E-state index contributed by atoms with van der Waals surface area (Å²) in [6.07, 6.45) is 6.43. The first kappa shape index (κ1) is 14.4. The van der Waals surface area contributed by atoms with Crippen LogP contribution in [-0.4, -0.2) is 10.2 Å². The Labute approximate surface area is 120 Å². The summed E-state index contributed by atoms with van der Waals surface area (Å²) in [5, 5.41) is 18.8. The van der Waals surface area contributed by atoms with Gasteiger partial charge in [0.05, 0.1) is 0 Å². The highest BCUT2D eigenvalue weighted by molar-refractivity contribution is 5.40. The Kier molecular flexibility index (Phi) is 4.61. The van der Waals surface area contributed by atoms with E-state index in [9.17, 15) is 10.2 Å². The second-order valence-electron chi connectivity index (χ2n) is 5.43. The molecular weight excluding hydrogens is 250 g/mol. The van der Waals surface area contributed by atoms with E-state index in [4.69, 9.17) is 0 Å². The van der Waals surface area contributed by atoms with E-state index in [0.29, 0.717) is 12.5 Å². The van der Waals surface area contributed by atoms with Gasteiger partial charge in [-0.15, -0.1) is 0 Å². The van der Waals surface area contributed by atoms with Crippen LogP contribution in [0, 0.1) is 5.92 Å². The highest BCUT2D eigenvalue weighted by Crippen LogP contribution is 2.24. The third-order valence-electron chi connectivity index (χ3n) is 3.61. The van der Waals surface area contributed by atoms with Gasteiger partial charge in [0.25, 0.3) is 0 Å². The molecule has 0 amide bonds. The lowest BCUT2D eigenvalue weighted by Gasteiger charge is -2.07. The van der Waals surface area contributed by atoms with Crippen molar-refractivity contribution in [3.8, 4) is 11.5 Å². The monoisotopic (exact) mass is 272 g/mol. The maximum absolute atomic E-state index is 9.52. The SMILES string of the molecule is CCC(C)Cc1ccc[n+](Cc2ccc(O)c(O)c2)c1. The molecule has 2 rings (SSSR count). The van der Waals surface area contributed by atoms with Crippen molar-refractivity contribution in [1.82, 2.24) is 0 Å². The lowest BCUT2D eigenvalue weighted by atomic mass is 10.0. The van der Waals surface area contributed by atoms with Crippen LogP contribution in [0.2, 0.25) is 0 Å². The number of aromatic hydroxyl groups is 2. The molecule has 0 fully saturated rings. The Hall–Kier alpha value is -2.03. The Morgan fingerprint density at radius 1 is 1.10 bits per heavy atom. The van der Waals surface area contributed by atoms with Gasteiger partial charge in [-0.25, -0.2) is 4.57 Å². The molecule has 0 aliphatic carbocycles. The number of aromatic nitrogens is 1. The van der Waals surface area contributed by atoms with E-state index in [1.165, 1.54) is 18.1 Å². The van der Waals surface area contributed by atoms with E-state index >= 15 is 0 Å². The number of phenols is 2. The molecule has 0 spiro atoms. The average molecular weight is 272 g/mol. The highest BCUT2D eigenvalue weighted by atomic mass is 16.3. The van der Waals surface area contributed by atoms with Gasteiger partial charge in [-0.05, 0) is 36.6 Å². The molecule has 3 heteroatoms. The summed E-state index contributed by atoms with van der Waals surface area (Å²) in [6.45, 7) is 5.15. The number of phenolic OH excluding ortho intramolecular Hbond substituents is 2. The summed E-state index contributed by atoms with van der Waals surface area (Å²) < 4.78 is 2.10. The quantitative estimate of drug-likeness (QED) is 0.649. The lowest BCUT2D eigenvalue weighted by molar-refractivity contribution is -0.688. The first-order valence-corrected chi connectivity index (χ1v) is 7.07. The zero-order chi connectivity index (χ0) is 14.5. The largest absolute Gasteiger partial charge is 0.504 e. The fourth-order valence-corrected chi connectivity index (χ4v) is 2.22. The van der Waals surface area contributed by atoms with Crippen molar-refractivity contribution in [3.05, 3.63) is 53.9 Å². The zero-order valence-corrected chi connectivity index (χ0v) is 12.1. The van der Waals surface area contributed by atoms with Crippen LogP contribution >= 0.6 is 0 Å². The van der Waals surface area contributed by atoms with Gasteiger partial charge in [0, 0.05) is 17.2 Å². The summed E-state index contributed by atoms with van der Waals surface area (Å²) >= 11 is 0. The zero-order valence-electron chi connectivity index (χ0n) is 12.1. The summed E-state index contributed by atoms with van der Waals surface area (Å²) in [7, 11) is 0. The van der Waals surface area contributed by atoms with Gasteiger partial charge >= 0.3 is 0 Å². The molecule has 2 N–H and O–H groups in total. The van der Waals surface area contributed by atoms with Crippen LogP contribution in [0.3, 0.4) is 0 Å². The Balaban J connectivity index is 2.12. The predicted octanol–water partition coefficient (Wildman–Crippen LogP) is 3.02. The minimum atomic E-state index is -0.0794. The Morgan fingerprint density at radius 3 is 2.60 bits per heavy atom. The van der Waals surface area contributed by atoms with E-state index in [1.54, 1.807) is 6.07 Å². The average Bonchev–Trinajstić information content (AvgIpc) is 2.43. The summed E-state index contributed by atoms with van der Waals surface area (Å²) in [4.78, 5) is 0. The maximum Gasteiger partial charge on any atom is 0.173 e. The number of rotatable bonds is 5. The molecule has 2 aromatic rings. The van der Waals surface area contributed by atoms with Crippen LogP contribution < -0.4 is 4.57 Å². The van der Waals surface area contributed by atoms with Gasteiger partial charge in [0.15, 0.2) is 30.4 Å². The second kappa shape index (κ2) is 6.42. The molecule has 0 aliphatic heterocycles. The van der Waals surface area contributed by atoms with Gasteiger partial charge in [0.2, 0.25) is 0 Å². The predicted molar refractivity (Wildman–Crippen MR) is 78.7 cm³/mol. The van der Waals surface area contributed by atoms with E-state index in [-0.39, 0.29) is 11.5 Å². The van der Waals surface area contributed by atoms with Crippen LogP contribution in [0.4, 0.5) is 0 Å². The van der Waals surface area contributed by atoms with Gasteiger partial charge in [-0.1, -0.05) is 20.3 Å². The van der Waals surface area contributed by atoms with Crippen molar-refractivity contribution in [2.24, 2.45) is 5.92 Å². The number of pyridine rings is 1. The molecule has 0 saturated heterocycles. The smallest absolute Gasteiger partial charge is 0.173 e. The molecule has 1 unspecified atom stereocenters. The number of hydrogen-bond acceptors (Lipinski definition) is 2. The molecule has 0 saturated carbocycles. The standard InChI is InChI=1S/C17H21NO2/c1-3-13(2)9-14-5-4-8-18(11-14)12-15-6-7-16(19)17(20)10-15/h4-8,10-11,13H,3,9,12H2,1-2H3,(H-,19,20)/p+1. The normalized spacial score (nSPS) is 12.3. The molecular formula is C17H22NO2+. The number of benzene rings is 1. The Morgan fingerprint density at radius 2 is 1.90 bits per heavy atom. The summed E-state index contributed by atoms with van der Waals surface area (Å²) in [5.41, 5.74) is 2.29. The van der Waals surface area contributed by atoms with Crippen LogP contribution in [0.25, 0.3) is 0 Å². The third-order valence-corrected chi connectivity index (χ3v) is 3.61. The topological polar surface area (TPSA) is 44.3 Å². The van der Waals surface area contributed by atoms with Gasteiger partial charge < -0.3 is 10.2 Å². The van der Waals surface area contributed by atoms with Gasteiger partial charge in [0.1, 0.15) is 0 Å². The highest BCUT2D eigenvalue weighted by Gasteiger charge is 2.09. The minimum absolute atomic E-state index is 0.0705. The van der Waals surface area contributed by atoms with Crippen molar-refractivity contribution in [2.45, 2.75) is 33.2 Å². The first-order chi connectivity index (χ1) is 9.58.